The molecule has 0 N–H and O–H groups in total. The highest BCUT2D eigenvalue weighted by Gasteiger charge is 2.24. The van der Waals surface area contributed by atoms with Crippen molar-refractivity contribution in [3.63, 3.8) is 0 Å². The number of aromatic nitrogens is 1. The van der Waals surface area contributed by atoms with Crippen LogP contribution in [0, 0.1) is 18.8 Å². The molecule has 0 spiro atoms. The van der Waals surface area contributed by atoms with E-state index in [1.807, 2.05) is 13.0 Å². The van der Waals surface area contributed by atoms with Crippen molar-refractivity contribution in [1.29, 1.82) is 0 Å². The lowest BCUT2D eigenvalue weighted by Gasteiger charge is -2.34. The minimum Gasteiger partial charge on any atom is -0.361 e. The van der Waals surface area contributed by atoms with Crippen LogP contribution < -0.4 is 0 Å². The van der Waals surface area contributed by atoms with Gasteiger partial charge in [0, 0.05) is 24.2 Å². The van der Waals surface area contributed by atoms with E-state index in [0.717, 1.165) is 35.4 Å². The van der Waals surface area contributed by atoms with Gasteiger partial charge in [-0.15, -0.1) is 0 Å². The average molecular weight is 298 g/mol. The van der Waals surface area contributed by atoms with E-state index in [4.69, 9.17) is 4.52 Å². The third kappa shape index (κ3) is 3.25. The molecule has 1 aliphatic heterocycles. The van der Waals surface area contributed by atoms with Crippen molar-refractivity contribution in [2.75, 3.05) is 13.1 Å². The van der Waals surface area contributed by atoms with Crippen LogP contribution in [0.3, 0.4) is 0 Å². The molecule has 1 aromatic heterocycles. The van der Waals surface area contributed by atoms with Crippen LogP contribution >= 0.6 is 0 Å². The maximum atomic E-state index is 5.49. The van der Waals surface area contributed by atoms with Crippen LogP contribution in [0.15, 0.2) is 34.9 Å². The van der Waals surface area contributed by atoms with Crippen molar-refractivity contribution in [3.8, 4) is 11.3 Å². The molecule has 2 aromatic rings. The Bertz CT molecular complexity index is 603. The van der Waals surface area contributed by atoms with Crippen LogP contribution in [0.4, 0.5) is 0 Å². The second kappa shape index (κ2) is 6.66. The minimum absolute atomic E-state index is 0.764. The Hall–Kier alpha value is -1.61. The van der Waals surface area contributed by atoms with E-state index in [2.05, 4.69) is 48.2 Å². The molecular weight excluding hydrogens is 272 g/mol. The predicted molar refractivity (Wildman–Crippen MR) is 89.5 cm³/mol. The first-order chi connectivity index (χ1) is 10.6. The van der Waals surface area contributed by atoms with E-state index in [1.54, 1.807) is 0 Å². The molecule has 0 bridgehead atoms. The third-order valence-electron chi connectivity index (χ3n) is 4.90. The van der Waals surface area contributed by atoms with Crippen LogP contribution in [0.25, 0.3) is 11.3 Å². The molecule has 118 valence electrons. The van der Waals surface area contributed by atoms with Crippen LogP contribution in [0.2, 0.25) is 0 Å². The smallest absolute Gasteiger partial charge is 0.138 e. The van der Waals surface area contributed by atoms with Gasteiger partial charge in [0.25, 0.3) is 0 Å². The van der Waals surface area contributed by atoms with Crippen LogP contribution in [-0.4, -0.2) is 23.1 Å². The van der Waals surface area contributed by atoms with Gasteiger partial charge < -0.3 is 4.52 Å². The Morgan fingerprint density at radius 1 is 1.27 bits per heavy atom. The lowest BCUT2D eigenvalue weighted by Crippen LogP contribution is -2.37. The Morgan fingerprint density at radius 3 is 2.77 bits per heavy atom. The highest BCUT2D eigenvalue weighted by atomic mass is 16.5. The van der Waals surface area contributed by atoms with Crippen molar-refractivity contribution in [3.05, 3.63) is 41.7 Å². The summed E-state index contributed by atoms with van der Waals surface area (Å²) in [6.07, 6.45) is 2.66. The molecule has 1 aliphatic rings. The first-order valence-corrected chi connectivity index (χ1v) is 8.38. The zero-order valence-corrected chi connectivity index (χ0v) is 13.9. The molecule has 1 saturated heterocycles. The van der Waals surface area contributed by atoms with Gasteiger partial charge in [-0.3, -0.25) is 4.90 Å². The van der Waals surface area contributed by atoms with Crippen molar-refractivity contribution >= 4 is 0 Å². The molecule has 1 aromatic carbocycles. The number of benzene rings is 1. The molecule has 3 rings (SSSR count). The largest absolute Gasteiger partial charge is 0.361 e. The van der Waals surface area contributed by atoms with Crippen molar-refractivity contribution in [2.45, 2.75) is 40.2 Å². The molecule has 1 fully saturated rings. The number of likely N-dealkylation sites (tertiary alicyclic amines) is 1. The maximum Gasteiger partial charge on any atom is 0.138 e. The number of nitrogens with zero attached hydrogens (tertiary/aromatic N) is 2. The van der Waals surface area contributed by atoms with Crippen molar-refractivity contribution < 1.29 is 4.52 Å². The molecule has 0 radical (unpaired) electrons. The summed E-state index contributed by atoms with van der Waals surface area (Å²) in [6.45, 7) is 10.0. The summed E-state index contributed by atoms with van der Waals surface area (Å²) < 4.78 is 5.49. The number of piperidine rings is 1. The van der Waals surface area contributed by atoms with Crippen LogP contribution in [0.1, 0.15) is 38.0 Å². The highest BCUT2D eigenvalue weighted by Crippen LogP contribution is 2.29. The van der Waals surface area contributed by atoms with Gasteiger partial charge in [-0.1, -0.05) is 49.3 Å². The Kier molecular flexibility index (Phi) is 4.63. The lowest BCUT2D eigenvalue weighted by atomic mass is 9.87. The molecule has 0 amide bonds. The summed E-state index contributed by atoms with van der Waals surface area (Å²) in [4.78, 5) is 2.57. The Morgan fingerprint density at radius 2 is 2.05 bits per heavy atom. The normalized spacial score (nSPS) is 19.7. The summed E-state index contributed by atoms with van der Waals surface area (Å²) in [7, 11) is 0. The summed E-state index contributed by atoms with van der Waals surface area (Å²) >= 11 is 0. The molecule has 22 heavy (non-hydrogen) atoms. The monoisotopic (exact) mass is 298 g/mol. The number of hydrogen-bond donors (Lipinski definition) is 0. The summed E-state index contributed by atoms with van der Waals surface area (Å²) in [5, 5.41) is 4.30. The Balaban J connectivity index is 1.79. The molecule has 0 aliphatic carbocycles. The van der Waals surface area contributed by atoms with Crippen molar-refractivity contribution in [2.24, 2.45) is 11.8 Å². The second-order valence-electron chi connectivity index (χ2n) is 6.81. The summed E-state index contributed by atoms with van der Waals surface area (Å²) in [5.74, 6) is 2.53. The van der Waals surface area contributed by atoms with Gasteiger partial charge in [-0.25, -0.2) is 0 Å². The van der Waals surface area contributed by atoms with E-state index in [-0.39, 0.29) is 0 Å². The number of aryl methyl sites for hydroxylation is 1. The quantitative estimate of drug-likeness (QED) is 0.831. The van der Waals surface area contributed by atoms with Gasteiger partial charge in [0.15, 0.2) is 0 Å². The first-order valence-electron chi connectivity index (χ1n) is 8.38. The predicted octanol–water partition coefficient (Wildman–Crippen LogP) is 4.52. The standard InChI is InChI=1S/C19H26N2O/c1-14(2)17-10-7-11-21(12-17)13-18-15(3)22-20-19(18)16-8-5-4-6-9-16/h4-6,8-9,14,17H,7,10-13H2,1-3H3. The van der Waals surface area contributed by atoms with Gasteiger partial charge in [0.1, 0.15) is 11.5 Å². The van der Waals surface area contributed by atoms with E-state index in [9.17, 15) is 0 Å². The third-order valence-corrected chi connectivity index (χ3v) is 4.90. The van der Waals surface area contributed by atoms with E-state index in [1.165, 1.54) is 31.5 Å². The fourth-order valence-corrected chi connectivity index (χ4v) is 3.40. The minimum atomic E-state index is 0.764. The average Bonchev–Trinajstić information content (AvgIpc) is 2.89. The highest BCUT2D eigenvalue weighted by molar-refractivity contribution is 5.63. The van der Waals surface area contributed by atoms with E-state index >= 15 is 0 Å². The first kappa shape index (κ1) is 15.3. The van der Waals surface area contributed by atoms with E-state index < -0.39 is 0 Å². The van der Waals surface area contributed by atoms with Crippen LogP contribution in [0.5, 0.6) is 0 Å². The number of hydrogen-bond acceptors (Lipinski definition) is 3. The van der Waals surface area contributed by atoms with Gasteiger partial charge in [-0.05, 0) is 38.1 Å². The SMILES string of the molecule is Cc1onc(-c2ccccc2)c1CN1CCCC(C(C)C)C1. The summed E-state index contributed by atoms with van der Waals surface area (Å²) in [6, 6.07) is 10.4. The fraction of sp³-hybridized carbons (Fsp3) is 0.526. The van der Waals surface area contributed by atoms with Gasteiger partial charge >= 0.3 is 0 Å². The molecule has 3 heteroatoms. The zero-order chi connectivity index (χ0) is 15.5. The molecule has 0 saturated carbocycles. The molecule has 1 unspecified atom stereocenters. The molecular formula is C19H26N2O. The maximum absolute atomic E-state index is 5.49. The Labute approximate surface area is 133 Å². The fourth-order valence-electron chi connectivity index (χ4n) is 3.40. The lowest BCUT2D eigenvalue weighted by molar-refractivity contribution is 0.139. The van der Waals surface area contributed by atoms with E-state index in [0.29, 0.717) is 0 Å². The van der Waals surface area contributed by atoms with Crippen molar-refractivity contribution in [1.82, 2.24) is 10.1 Å². The topological polar surface area (TPSA) is 29.3 Å². The molecule has 1 atom stereocenters. The summed E-state index contributed by atoms with van der Waals surface area (Å²) in [5.41, 5.74) is 3.40. The molecule has 3 nitrogen and oxygen atoms in total. The second-order valence-corrected chi connectivity index (χ2v) is 6.81. The molecule has 2 heterocycles. The number of rotatable bonds is 4. The van der Waals surface area contributed by atoms with Gasteiger partial charge in [-0.2, -0.15) is 0 Å². The van der Waals surface area contributed by atoms with Crippen LogP contribution in [-0.2, 0) is 6.54 Å². The zero-order valence-electron chi connectivity index (χ0n) is 13.9. The van der Waals surface area contributed by atoms with Gasteiger partial charge in [0.2, 0.25) is 0 Å². The van der Waals surface area contributed by atoms with Gasteiger partial charge in [0.05, 0.1) is 0 Å².